The molecule has 0 saturated heterocycles. The van der Waals surface area contributed by atoms with Crippen LogP contribution in [-0.2, 0) is 6.42 Å². The molecule has 1 aromatic heterocycles. The molecule has 27 heavy (non-hydrogen) atoms. The lowest BCUT2D eigenvalue weighted by Gasteiger charge is -2.18. The highest BCUT2D eigenvalue weighted by Crippen LogP contribution is 2.33. The van der Waals surface area contributed by atoms with Gasteiger partial charge in [-0.1, -0.05) is 45.7 Å². The summed E-state index contributed by atoms with van der Waals surface area (Å²) in [5.41, 5.74) is 8.12. The molecule has 2 aromatic rings. The second kappa shape index (κ2) is 10.7. The van der Waals surface area contributed by atoms with Crippen molar-refractivity contribution in [3.63, 3.8) is 0 Å². The van der Waals surface area contributed by atoms with Crippen molar-refractivity contribution in [3.8, 4) is 11.6 Å². The normalized spacial score (nSPS) is 11.0. The van der Waals surface area contributed by atoms with Crippen molar-refractivity contribution in [2.24, 2.45) is 5.73 Å². The number of hydrogen-bond acceptors (Lipinski definition) is 4. The van der Waals surface area contributed by atoms with Gasteiger partial charge in [-0.15, -0.1) is 0 Å². The fourth-order valence-corrected chi connectivity index (χ4v) is 3.10. The number of amides is 1. The lowest BCUT2D eigenvalue weighted by atomic mass is 9.94. The van der Waals surface area contributed by atoms with Crippen LogP contribution in [0.25, 0.3) is 0 Å². The van der Waals surface area contributed by atoms with E-state index in [1.807, 2.05) is 12.1 Å². The number of ether oxygens (including phenoxy) is 1. The molecule has 0 saturated carbocycles. The summed E-state index contributed by atoms with van der Waals surface area (Å²) < 4.78 is 6.02. The van der Waals surface area contributed by atoms with Crippen molar-refractivity contribution in [2.75, 3.05) is 13.1 Å². The van der Waals surface area contributed by atoms with Gasteiger partial charge in [0.25, 0.3) is 0 Å². The summed E-state index contributed by atoms with van der Waals surface area (Å²) in [6, 6.07) is 9.46. The Morgan fingerprint density at radius 2 is 2.00 bits per heavy atom. The van der Waals surface area contributed by atoms with E-state index in [4.69, 9.17) is 10.5 Å². The molecule has 5 heteroatoms. The molecule has 0 spiro atoms. The zero-order valence-corrected chi connectivity index (χ0v) is 16.6. The molecule has 146 valence electrons. The minimum Gasteiger partial charge on any atom is -0.439 e. The van der Waals surface area contributed by atoms with Gasteiger partial charge in [0.2, 0.25) is 11.8 Å². The van der Waals surface area contributed by atoms with E-state index >= 15 is 0 Å². The minimum atomic E-state index is -0.495. The van der Waals surface area contributed by atoms with Gasteiger partial charge in [0, 0.05) is 17.8 Å². The van der Waals surface area contributed by atoms with E-state index < -0.39 is 5.91 Å². The summed E-state index contributed by atoms with van der Waals surface area (Å²) in [4.78, 5) is 15.4. The second-order valence-corrected chi connectivity index (χ2v) is 7.04. The standard InChI is InChI=1S/C22H31N3O2/c1-4-5-6-13-24-14-12-17-8-7-9-19(21(17)16(2)3)27-20-11-10-18(15-25-20)22(23)26/h7-11,15-16,24H,4-6,12-14H2,1-3H3,(H2,23,26). The highest BCUT2D eigenvalue weighted by molar-refractivity contribution is 5.92. The van der Waals surface area contributed by atoms with E-state index in [1.165, 1.54) is 36.6 Å². The molecule has 1 amide bonds. The Morgan fingerprint density at radius 1 is 1.19 bits per heavy atom. The van der Waals surface area contributed by atoms with Crippen LogP contribution in [0.15, 0.2) is 36.5 Å². The Kier molecular flexibility index (Phi) is 8.27. The molecule has 2 rings (SSSR count). The monoisotopic (exact) mass is 369 g/mol. The second-order valence-electron chi connectivity index (χ2n) is 7.04. The molecule has 0 bridgehead atoms. The fraction of sp³-hybridized carbons (Fsp3) is 0.455. The van der Waals surface area contributed by atoms with Crippen molar-refractivity contribution in [1.82, 2.24) is 10.3 Å². The molecule has 0 atom stereocenters. The van der Waals surface area contributed by atoms with Gasteiger partial charge in [0.1, 0.15) is 5.75 Å². The Hall–Kier alpha value is -2.40. The quantitative estimate of drug-likeness (QED) is 0.575. The molecule has 0 fully saturated rings. The number of pyridine rings is 1. The summed E-state index contributed by atoms with van der Waals surface area (Å²) in [5.74, 6) is 1.11. The van der Waals surface area contributed by atoms with E-state index in [0.717, 1.165) is 25.3 Å². The van der Waals surface area contributed by atoms with Gasteiger partial charge in [-0.3, -0.25) is 4.79 Å². The lowest BCUT2D eigenvalue weighted by molar-refractivity contribution is 0.1000. The molecule has 0 radical (unpaired) electrons. The first-order chi connectivity index (χ1) is 13.0. The van der Waals surface area contributed by atoms with Crippen molar-refractivity contribution < 1.29 is 9.53 Å². The number of nitrogens with one attached hydrogen (secondary N) is 1. The SMILES string of the molecule is CCCCCNCCc1cccc(Oc2ccc(C(N)=O)cn2)c1C(C)C. The van der Waals surface area contributed by atoms with E-state index in [9.17, 15) is 4.79 Å². The van der Waals surface area contributed by atoms with Crippen LogP contribution in [0.5, 0.6) is 11.6 Å². The molecule has 0 unspecified atom stereocenters. The average molecular weight is 370 g/mol. The van der Waals surface area contributed by atoms with Crippen LogP contribution in [0.2, 0.25) is 0 Å². The summed E-state index contributed by atoms with van der Waals surface area (Å²) in [5, 5.41) is 3.52. The molecule has 0 aliphatic carbocycles. The van der Waals surface area contributed by atoms with E-state index in [1.54, 1.807) is 12.1 Å². The number of rotatable bonds is 11. The molecular formula is C22H31N3O2. The lowest BCUT2D eigenvalue weighted by Crippen LogP contribution is -2.19. The number of primary amides is 1. The summed E-state index contributed by atoms with van der Waals surface area (Å²) >= 11 is 0. The minimum absolute atomic E-state index is 0.334. The maximum Gasteiger partial charge on any atom is 0.250 e. The number of nitrogens with two attached hydrogens (primary N) is 1. The third-order valence-electron chi connectivity index (χ3n) is 4.50. The number of aromatic nitrogens is 1. The predicted molar refractivity (Wildman–Crippen MR) is 109 cm³/mol. The van der Waals surface area contributed by atoms with Crippen molar-refractivity contribution in [1.29, 1.82) is 0 Å². The number of unbranched alkanes of at least 4 members (excludes halogenated alkanes) is 2. The number of nitrogens with zero attached hydrogens (tertiary/aromatic N) is 1. The third-order valence-corrected chi connectivity index (χ3v) is 4.50. The molecule has 1 aromatic carbocycles. The van der Waals surface area contributed by atoms with Gasteiger partial charge in [-0.2, -0.15) is 0 Å². The Balaban J connectivity index is 2.08. The number of carbonyl (C=O) groups excluding carboxylic acids is 1. The first-order valence-corrected chi connectivity index (χ1v) is 9.79. The zero-order valence-electron chi connectivity index (χ0n) is 16.6. The topological polar surface area (TPSA) is 77.2 Å². The number of benzene rings is 1. The van der Waals surface area contributed by atoms with Gasteiger partial charge in [-0.05, 0) is 49.5 Å². The van der Waals surface area contributed by atoms with Crippen LogP contribution in [-0.4, -0.2) is 24.0 Å². The molecular weight excluding hydrogens is 338 g/mol. The number of hydrogen-bond donors (Lipinski definition) is 2. The van der Waals surface area contributed by atoms with Crippen LogP contribution in [0, 0.1) is 0 Å². The first kappa shape index (κ1) is 20.9. The van der Waals surface area contributed by atoms with Crippen LogP contribution >= 0.6 is 0 Å². The van der Waals surface area contributed by atoms with Gasteiger partial charge in [-0.25, -0.2) is 4.98 Å². The van der Waals surface area contributed by atoms with Crippen molar-refractivity contribution in [2.45, 2.75) is 52.4 Å². The predicted octanol–water partition coefficient (Wildman–Crippen LogP) is 4.42. The van der Waals surface area contributed by atoms with Crippen molar-refractivity contribution in [3.05, 3.63) is 53.2 Å². The molecule has 0 aliphatic heterocycles. The molecule has 3 N–H and O–H groups in total. The van der Waals surface area contributed by atoms with Crippen molar-refractivity contribution >= 4 is 5.91 Å². The zero-order chi connectivity index (χ0) is 19.6. The molecule has 5 nitrogen and oxygen atoms in total. The Bertz CT molecular complexity index is 727. The highest BCUT2D eigenvalue weighted by atomic mass is 16.5. The molecule has 0 aliphatic rings. The maximum atomic E-state index is 11.2. The Labute approximate surface area is 162 Å². The van der Waals surface area contributed by atoms with Gasteiger partial charge in [0.05, 0.1) is 5.56 Å². The van der Waals surface area contributed by atoms with Crippen LogP contribution in [0.3, 0.4) is 0 Å². The summed E-state index contributed by atoms with van der Waals surface area (Å²) in [6.45, 7) is 8.58. The Morgan fingerprint density at radius 3 is 2.63 bits per heavy atom. The maximum absolute atomic E-state index is 11.2. The third kappa shape index (κ3) is 6.36. The van der Waals surface area contributed by atoms with Crippen LogP contribution in [0.4, 0.5) is 0 Å². The van der Waals surface area contributed by atoms with E-state index in [2.05, 4.69) is 37.1 Å². The number of carbonyl (C=O) groups is 1. The largest absolute Gasteiger partial charge is 0.439 e. The van der Waals surface area contributed by atoms with Gasteiger partial charge >= 0.3 is 0 Å². The van der Waals surface area contributed by atoms with E-state index in [-0.39, 0.29) is 0 Å². The molecule has 1 heterocycles. The summed E-state index contributed by atoms with van der Waals surface area (Å²) in [7, 11) is 0. The fourth-order valence-electron chi connectivity index (χ4n) is 3.10. The highest BCUT2D eigenvalue weighted by Gasteiger charge is 2.14. The van der Waals surface area contributed by atoms with Crippen LogP contribution in [0.1, 0.15) is 67.4 Å². The van der Waals surface area contributed by atoms with Gasteiger partial charge in [0.15, 0.2) is 0 Å². The van der Waals surface area contributed by atoms with E-state index in [0.29, 0.717) is 17.4 Å². The first-order valence-electron chi connectivity index (χ1n) is 9.79. The van der Waals surface area contributed by atoms with Gasteiger partial charge < -0.3 is 15.8 Å². The summed E-state index contributed by atoms with van der Waals surface area (Å²) in [6.07, 6.45) is 6.15. The average Bonchev–Trinajstić information content (AvgIpc) is 2.65. The smallest absolute Gasteiger partial charge is 0.250 e. The van der Waals surface area contributed by atoms with Crippen LogP contribution < -0.4 is 15.8 Å².